The molecule has 1 aromatic rings. The van der Waals surface area contributed by atoms with Crippen molar-refractivity contribution in [2.75, 3.05) is 39.3 Å². The van der Waals surface area contributed by atoms with Gasteiger partial charge >= 0.3 is 0 Å². The Labute approximate surface area is 177 Å². The third kappa shape index (κ3) is 5.73. The zero-order chi connectivity index (χ0) is 20.8. The summed E-state index contributed by atoms with van der Waals surface area (Å²) >= 11 is 0. The number of aromatic nitrogens is 1. The summed E-state index contributed by atoms with van der Waals surface area (Å²) in [5.41, 5.74) is 3.78. The normalized spacial score (nSPS) is 21.0. The van der Waals surface area contributed by atoms with E-state index in [0.29, 0.717) is 18.6 Å². The summed E-state index contributed by atoms with van der Waals surface area (Å²) in [6.45, 7) is 15.1. The standard InChI is InChI=1S/C24H40N4O/c1-5-26-13-15-27(16-14-26)20(3)18-25-24(29)12-11-22-17-19(2)28(21(22)4)23-9-7-6-8-10-23/h11-12,17,20,23H,5-10,13-16,18H2,1-4H3,(H,25,29). The first kappa shape index (κ1) is 22.1. The molecular formula is C24H40N4O. The molecular weight excluding hydrogens is 360 g/mol. The summed E-state index contributed by atoms with van der Waals surface area (Å²) < 4.78 is 2.49. The number of piperazine rings is 1. The number of hydrogen-bond acceptors (Lipinski definition) is 3. The number of carbonyl (C=O) groups is 1. The second kappa shape index (κ2) is 10.4. The van der Waals surface area contributed by atoms with Crippen molar-refractivity contribution in [2.24, 2.45) is 0 Å². The van der Waals surface area contributed by atoms with E-state index in [1.54, 1.807) is 6.08 Å². The number of amides is 1. The number of carbonyl (C=O) groups excluding carboxylic acids is 1. The lowest BCUT2D eigenvalue weighted by atomic mass is 9.95. The second-order valence-electron chi connectivity index (χ2n) is 8.89. The van der Waals surface area contributed by atoms with Crippen molar-refractivity contribution in [3.8, 4) is 0 Å². The highest BCUT2D eigenvalue weighted by molar-refractivity contribution is 5.91. The Balaban J connectivity index is 1.50. The van der Waals surface area contributed by atoms with Crippen molar-refractivity contribution >= 4 is 12.0 Å². The van der Waals surface area contributed by atoms with E-state index in [4.69, 9.17) is 0 Å². The summed E-state index contributed by atoms with van der Waals surface area (Å²) in [4.78, 5) is 17.3. The van der Waals surface area contributed by atoms with E-state index in [1.807, 2.05) is 6.08 Å². The van der Waals surface area contributed by atoms with Gasteiger partial charge in [-0.3, -0.25) is 9.69 Å². The van der Waals surface area contributed by atoms with Gasteiger partial charge in [-0.05, 0) is 57.9 Å². The average Bonchev–Trinajstić information content (AvgIpc) is 3.04. The number of nitrogens with one attached hydrogen (secondary N) is 1. The number of likely N-dealkylation sites (N-methyl/N-ethyl adjacent to an activating group) is 1. The molecule has 5 nitrogen and oxygen atoms in total. The first-order chi connectivity index (χ1) is 14.0. The molecule has 1 saturated carbocycles. The molecule has 2 heterocycles. The molecule has 162 valence electrons. The molecule has 1 amide bonds. The molecule has 0 bridgehead atoms. The van der Waals surface area contributed by atoms with Gasteiger partial charge in [-0.1, -0.05) is 26.2 Å². The lowest BCUT2D eigenvalue weighted by Crippen LogP contribution is -2.52. The Hall–Kier alpha value is -1.59. The van der Waals surface area contributed by atoms with Gasteiger partial charge in [0, 0.05) is 62.3 Å². The van der Waals surface area contributed by atoms with Gasteiger partial charge in [0.2, 0.25) is 5.91 Å². The van der Waals surface area contributed by atoms with Crippen LogP contribution in [0.4, 0.5) is 0 Å². The lowest BCUT2D eigenvalue weighted by molar-refractivity contribution is -0.116. The summed E-state index contributed by atoms with van der Waals surface area (Å²) in [5.74, 6) is 0.00603. The van der Waals surface area contributed by atoms with Crippen molar-refractivity contribution in [2.45, 2.75) is 71.9 Å². The van der Waals surface area contributed by atoms with Crippen LogP contribution in [0.5, 0.6) is 0 Å². The van der Waals surface area contributed by atoms with Crippen LogP contribution in [0.2, 0.25) is 0 Å². The maximum Gasteiger partial charge on any atom is 0.244 e. The van der Waals surface area contributed by atoms with Gasteiger partial charge in [-0.2, -0.15) is 0 Å². The summed E-state index contributed by atoms with van der Waals surface area (Å²) in [7, 11) is 0. The zero-order valence-electron chi connectivity index (χ0n) is 18.9. The van der Waals surface area contributed by atoms with Crippen LogP contribution in [0.3, 0.4) is 0 Å². The van der Waals surface area contributed by atoms with Crippen LogP contribution in [-0.4, -0.2) is 65.6 Å². The third-order valence-corrected chi connectivity index (χ3v) is 6.93. The average molecular weight is 401 g/mol. The number of aryl methyl sites for hydroxylation is 1. The Morgan fingerprint density at radius 2 is 1.86 bits per heavy atom. The van der Waals surface area contributed by atoms with Crippen LogP contribution in [0, 0.1) is 13.8 Å². The molecule has 0 radical (unpaired) electrons. The molecule has 29 heavy (non-hydrogen) atoms. The molecule has 1 saturated heterocycles. The molecule has 1 aliphatic heterocycles. The van der Waals surface area contributed by atoms with Crippen LogP contribution < -0.4 is 5.32 Å². The molecule has 3 rings (SSSR count). The van der Waals surface area contributed by atoms with Gasteiger partial charge < -0.3 is 14.8 Å². The summed E-state index contributed by atoms with van der Waals surface area (Å²) in [5, 5.41) is 3.09. The highest BCUT2D eigenvalue weighted by Crippen LogP contribution is 2.32. The van der Waals surface area contributed by atoms with Gasteiger partial charge in [0.15, 0.2) is 0 Å². The van der Waals surface area contributed by atoms with Crippen molar-refractivity contribution in [1.29, 1.82) is 0 Å². The predicted molar refractivity (Wildman–Crippen MR) is 121 cm³/mol. The van der Waals surface area contributed by atoms with Crippen LogP contribution in [0.25, 0.3) is 6.08 Å². The number of hydrogen-bond donors (Lipinski definition) is 1. The van der Waals surface area contributed by atoms with Crippen molar-refractivity contribution in [3.05, 3.63) is 29.1 Å². The molecule has 1 aromatic heterocycles. The molecule has 2 fully saturated rings. The minimum atomic E-state index is 0.00603. The fraction of sp³-hybridized carbons (Fsp3) is 0.708. The highest BCUT2D eigenvalue weighted by atomic mass is 16.1. The van der Waals surface area contributed by atoms with E-state index in [0.717, 1.165) is 32.7 Å². The van der Waals surface area contributed by atoms with Crippen LogP contribution >= 0.6 is 0 Å². The number of rotatable bonds is 7. The smallest absolute Gasteiger partial charge is 0.244 e. The summed E-state index contributed by atoms with van der Waals surface area (Å²) in [6, 6.07) is 3.24. The monoisotopic (exact) mass is 400 g/mol. The first-order valence-corrected chi connectivity index (χ1v) is 11.6. The van der Waals surface area contributed by atoms with E-state index in [2.05, 4.69) is 53.4 Å². The van der Waals surface area contributed by atoms with Gasteiger partial charge in [-0.15, -0.1) is 0 Å². The topological polar surface area (TPSA) is 40.5 Å². The zero-order valence-corrected chi connectivity index (χ0v) is 18.9. The van der Waals surface area contributed by atoms with E-state index in [1.165, 1.54) is 49.1 Å². The third-order valence-electron chi connectivity index (χ3n) is 6.93. The van der Waals surface area contributed by atoms with E-state index in [-0.39, 0.29) is 5.91 Å². The van der Waals surface area contributed by atoms with E-state index < -0.39 is 0 Å². The van der Waals surface area contributed by atoms with E-state index >= 15 is 0 Å². The Morgan fingerprint density at radius 1 is 1.17 bits per heavy atom. The highest BCUT2D eigenvalue weighted by Gasteiger charge is 2.21. The second-order valence-corrected chi connectivity index (χ2v) is 8.89. The van der Waals surface area contributed by atoms with Gasteiger partial charge in [0.25, 0.3) is 0 Å². The van der Waals surface area contributed by atoms with Crippen LogP contribution in [-0.2, 0) is 4.79 Å². The molecule has 1 unspecified atom stereocenters. The van der Waals surface area contributed by atoms with Gasteiger partial charge in [0.1, 0.15) is 0 Å². The minimum absolute atomic E-state index is 0.00603. The van der Waals surface area contributed by atoms with Crippen molar-refractivity contribution < 1.29 is 4.79 Å². The maximum atomic E-state index is 12.4. The lowest BCUT2D eigenvalue weighted by Gasteiger charge is -2.37. The first-order valence-electron chi connectivity index (χ1n) is 11.6. The van der Waals surface area contributed by atoms with Crippen LogP contribution in [0.15, 0.2) is 12.1 Å². The van der Waals surface area contributed by atoms with Gasteiger partial charge in [-0.25, -0.2) is 0 Å². The SMILES string of the molecule is CCN1CCN(C(C)CNC(=O)C=Cc2cc(C)n(C3CCCCC3)c2C)CC1. The molecule has 0 aromatic carbocycles. The van der Waals surface area contributed by atoms with Gasteiger partial charge in [0.05, 0.1) is 0 Å². The number of nitrogens with zero attached hydrogens (tertiary/aromatic N) is 3. The molecule has 1 aliphatic carbocycles. The fourth-order valence-corrected chi connectivity index (χ4v) is 4.99. The molecule has 5 heteroatoms. The Morgan fingerprint density at radius 3 is 2.52 bits per heavy atom. The predicted octanol–water partition coefficient (Wildman–Crippen LogP) is 3.77. The maximum absolute atomic E-state index is 12.4. The quantitative estimate of drug-likeness (QED) is 0.709. The minimum Gasteiger partial charge on any atom is -0.351 e. The van der Waals surface area contributed by atoms with Crippen molar-refractivity contribution in [3.63, 3.8) is 0 Å². The van der Waals surface area contributed by atoms with Crippen molar-refractivity contribution in [1.82, 2.24) is 19.7 Å². The molecule has 2 aliphatic rings. The van der Waals surface area contributed by atoms with Crippen LogP contribution in [0.1, 0.15) is 68.9 Å². The summed E-state index contributed by atoms with van der Waals surface area (Å²) in [6.07, 6.45) is 10.3. The fourth-order valence-electron chi connectivity index (χ4n) is 4.99. The molecule has 0 spiro atoms. The Kier molecular flexibility index (Phi) is 7.96. The molecule has 1 N–H and O–H groups in total. The largest absolute Gasteiger partial charge is 0.351 e. The van der Waals surface area contributed by atoms with E-state index in [9.17, 15) is 4.79 Å². The Bertz CT molecular complexity index is 694. The molecule has 1 atom stereocenters.